The molecule has 0 saturated heterocycles. The van der Waals surface area contributed by atoms with Crippen molar-refractivity contribution in [2.75, 3.05) is 0 Å². The smallest absolute Gasteiger partial charge is 0.355 e. The molecule has 0 saturated carbocycles. The summed E-state index contributed by atoms with van der Waals surface area (Å²) in [4.78, 5) is 16.2. The Morgan fingerprint density at radius 2 is 2.05 bits per heavy atom. The lowest BCUT2D eigenvalue weighted by atomic mass is 10.1. The first kappa shape index (κ1) is 14.4. The summed E-state index contributed by atoms with van der Waals surface area (Å²) in [6.07, 6.45) is 1.96. The van der Waals surface area contributed by atoms with Gasteiger partial charge in [-0.25, -0.2) is 9.78 Å². The van der Waals surface area contributed by atoms with Gasteiger partial charge in [0.05, 0.1) is 0 Å². The van der Waals surface area contributed by atoms with Crippen LogP contribution in [0.2, 0.25) is 0 Å². The Hall–Kier alpha value is -2.01. The van der Waals surface area contributed by atoms with Gasteiger partial charge in [0.1, 0.15) is 5.01 Å². The van der Waals surface area contributed by atoms with Crippen LogP contribution in [-0.2, 0) is 6.42 Å². The molecule has 0 radical (unpaired) electrons. The minimum absolute atomic E-state index is 0.0784. The van der Waals surface area contributed by atoms with Gasteiger partial charge in [-0.2, -0.15) is 0 Å². The van der Waals surface area contributed by atoms with Gasteiger partial charge in [-0.15, -0.1) is 11.3 Å². The van der Waals surface area contributed by atoms with Crippen LogP contribution < -0.4 is 0 Å². The fraction of sp³-hybridized carbons (Fsp3) is 0.267. The fourth-order valence-corrected chi connectivity index (χ4v) is 3.03. The fourth-order valence-electron chi connectivity index (χ4n) is 1.93. The van der Waals surface area contributed by atoms with E-state index in [0.29, 0.717) is 28.4 Å². The van der Waals surface area contributed by atoms with Crippen LogP contribution in [0.25, 0.3) is 10.6 Å². The van der Waals surface area contributed by atoms with Gasteiger partial charge in [-0.3, -0.25) is 0 Å². The van der Waals surface area contributed by atoms with Crippen molar-refractivity contribution in [1.82, 2.24) is 4.98 Å². The predicted molar refractivity (Wildman–Crippen MR) is 80.8 cm³/mol. The van der Waals surface area contributed by atoms with E-state index in [0.717, 1.165) is 12.0 Å². The molecule has 1 aromatic heterocycles. The molecule has 0 aliphatic rings. The summed E-state index contributed by atoms with van der Waals surface area (Å²) in [5.74, 6) is -1.03. The van der Waals surface area contributed by atoms with E-state index in [-0.39, 0.29) is 5.69 Å². The van der Waals surface area contributed by atoms with Gasteiger partial charge in [-0.1, -0.05) is 43.7 Å². The third-order valence-electron chi connectivity index (χ3n) is 2.85. The van der Waals surface area contributed by atoms with Crippen LogP contribution in [0.4, 0.5) is 0 Å². The van der Waals surface area contributed by atoms with Crippen molar-refractivity contribution >= 4 is 23.0 Å². The first-order valence-corrected chi connectivity index (χ1v) is 7.28. The predicted octanol–water partition coefficient (Wildman–Crippen LogP) is 3.87. The third kappa shape index (κ3) is 3.30. The van der Waals surface area contributed by atoms with E-state index in [9.17, 15) is 9.90 Å². The maximum atomic E-state index is 11.3. The molecular weight excluding hydrogens is 272 g/mol. The van der Waals surface area contributed by atoms with Gasteiger partial charge in [0, 0.05) is 22.6 Å². The average molecular weight is 288 g/mol. The SMILES string of the molecule is CCCC(=N)Cc1sc(-c2ccccc2)nc1C(=O)O. The Morgan fingerprint density at radius 1 is 1.35 bits per heavy atom. The standard InChI is InChI=1S/C15H16N2O2S/c1-2-6-11(16)9-12-13(15(18)19)17-14(20-12)10-7-4-3-5-8-10/h3-5,7-8,16H,2,6,9H2,1H3,(H,18,19). The lowest BCUT2D eigenvalue weighted by Crippen LogP contribution is -2.06. The number of aromatic nitrogens is 1. The van der Waals surface area contributed by atoms with Gasteiger partial charge < -0.3 is 10.5 Å². The first-order chi connectivity index (χ1) is 9.61. The molecule has 0 unspecified atom stereocenters. The van der Waals surface area contributed by atoms with E-state index >= 15 is 0 Å². The monoisotopic (exact) mass is 288 g/mol. The van der Waals surface area contributed by atoms with Gasteiger partial charge in [0.2, 0.25) is 0 Å². The van der Waals surface area contributed by atoms with Crippen LogP contribution in [0.5, 0.6) is 0 Å². The van der Waals surface area contributed by atoms with Gasteiger partial charge in [0.25, 0.3) is 0 Å². The van der Waals surface area contributed by atoms with Crippen LogP contribution in [0.15, 0.2) is 30.3 Å². The number of hydrogen-bond donors (Lipinski definition) is 2. The highest BCUT2D eigenvalue weighted by Gasteiger charge is 2.19. The van der Waals surface area contributed by atoms with Crippen molar-refractivity contribution < 1.29 is 9.90 Å². The molecule has 0 amide bonds. The highest BCUT2D eigenvalue weighted by atomic mass is 32.1. The van der Waals surface area contributed by atoms with Gasteiger partial charge >= 0.3 is 5.97 Å². The highest BCUT2D eigenvalue weighted by molar-refractivity contribution is 7.15. The van der Waals surface area contributed by atoms with Gasteiger partial charge in [0.15, 0.2) is 5.69 Å². The van der Waals surface area contributed by atoms with Gasteiger partial charge in [-0.05, 0) is 6.42 Å². The molecule has 0 bridgehead atoms. The van der Waals surface area contributed by atoms with Crippen molar-refractivity contribution in [2.24, 2.45) is 0 Å². The summed E-state index contributed by atoms with van der Waals surface area (Å²) in [6.45, 7) is 2.01. The molecule has 1 aromatic carbocycles. The summed E-state index contributed by atoms with van der Waals surface area (Å²) < 4.78 is 0. The Labute approximate surface area is 121 Å². The Kier molecular flexibility index (Phi) is 4.63. The lowest BCUT2D eigenvalue weighted by molar-refractivity contribution is 0.0690. The van der Waals surface area contributed by atoms with E-state index in [1.165, 1.54) is 11.3 Å². The highest BCUT2D eigenvalue weighted by Crippen LogP contribution is 2.28. The van der Waals surface area contributed by atoms with E-state index < -0.39 is 5.97 Å². The zero-order valence-corrected chi connectivity index (χ0v) is 12.0. The summed E-state index contributed by atoms with van der Waals surface area (Å²) in [6, 6.07) is 9.52. The number of carboxylic acids is 1. The summed E-state index contributed by atoms with van der Waals surface area (Å²) in [5.41, 5.74) is 1.54. The largest absolute Gasteiger partial charge is 0.476 e. The molecule has 20 heavy (non-hydrogen) atoms. The van der Waals surface area contributed by atoms with Crippen molar-refractivity contribution in [3.63, 3.8) is 0 Å². The molecule has 0 aliphatic heterocycles. The van der Waals surface area contributed by atoms with Crippen molar-refractivity contribution in [3.8, 4) is 10.6 Å². The molecule has 4 nitrogen and oxygen atoms in total. The molecule has 2 N–H and O–H groups in total. The number of nitrogens with zero attached hydrogens (tertiary/aromatic N) is 1. The van der Waals surface area contributed by atoms with Crippen LogP contribution >= 0.6 is 11.3 Å². The Balaban J connectivity index is 2.34. The van der Waals surface area contributed by atoms with Crippen LogP contribution in [0.3, 0.4) is 0 Å². The number of carbonyl (C=O) groups is 1. The second kappa shape index (κ2) is 6.43. The Bertz CT molecular complexity index is 620. The number of benzene rings is 1. The summed E-state index contributed by atoms with van der Waals surface area (Å²) in [7, 11) is 0. The molecule has 0 aliphatic carbocycles. The number of aromatic carboxylic acids is 1. The maximum Gasteiger partial charge on any atom is 0.355 e. The van der Waals surface area contributed by atoms with E-state index in [2.05, 4.69) is 4.98 Å². The van der Waals surface area contributed by atoms with Crippen LogP contribution in [0.1, 0.15) is 35.1 Å². The quantitative estimate of drug-likeness (QED) is 0.792. The maximum absolute atomic E-state index is 11.3. The van der Waals surface area contributed by atoms with Crippen molar-refractivity contribution in [2.45, 2.75) is 26.2 Å². The lowest BCUT2D eigenvalue weighted by Gasteiger charge is -2.00. The first-order valence-electron chi connectivity index (χ1n) is 6.46. The second-order valence-corrected chi connectivity index (χ2v) is 5.58. The minimum atomic E-state index is -1.03. The number of carboxylic acid groups (broad SMARTS) is 1. The molecular formula is C15H16N2O2S. The number of rotatable bonds is 6. The summed E-state index contributed by atoms with van der Waals surface area (Å²) >= 11 is 1.36. The third-order valence-corrected chi connectivity index (χ3v) is 3.95. The van der Waals surface area contributed by atoms with E-state index in [1.807, 2.05) is 37.3 Å². The molecule has 1 heterocycles. The molecule has 104 valence electrons. The molecule has 0 fully saturated rings. The number of nitrogens with one attached hydrogen (secondary N) is 1. The zero-order valence-electron chi connectivity index (χ0n) is 11.2. The number of hydrogen-bond acceptors (Lipinski definition) is 4. The minimum Gasteiger partial charge on any atom is -0.476 e. The van der Waals surface area contributed by atoms with E-state index in [1.54, 1.807) is 0 Å². The van der Waals surface area contributed by atoms with Crippen molar-refractivity contribution in [3.05, 3.63) is 40.9 Å². The van der Waals surface area contributed by atoms with Crippen LogP contribution in [-0.4, -0.2) is 21.8 Å². The van der Waals surface area contributed by atoms with Crippen molar-refractivity contribution in [1.29, 1.82) is 5.41 Å². The van der Waals surface area contributed by atoms with Crippen LogP contribution in [0, 0.1) is 5.41 Å². The molecule has 2 rings (SSSR count). The molecule has 5 heteroatoms. The summed E-state index contributed by atoms with van der Waals surface area (Å²) in [5, 5.41) is 17.8. The Morgan fingerprint density at radius 3 is 2.65 bits per heavy atom. The number of thiazole rings is 1. The topological polar surface area (TPSA) is 74.0 Å². The average Bonchev–Trinajstić information content (AvgIpc) is 2.84. The van der Waals surface area contributed by atoms with E-state index in [4.69, 9.17) is 5.41 Å². The normalized spacial score (nSPS) is 10.4. The zero-order chi connectivity index (χ0) is 14.5. The molecule has 0 spiro atoms. The second-order valence-electron chi connectivity index (χ2n) is 4.49. The molecule has 2 aromatic rings. The molecule has 0 atom stereocenters.